The van der Waals surface area contributed by atoms with Gasteiger partial charge in [0.1, 0.15) is 0 Å². The van der Waals surface area contributed by atoms with Gasteiger partial charge in [-0.2, -0.15) is 0 Å². The fourth-order valence-electron chi connectivity index (χ4n) is 2.00. The van der Waals surface area contributed by atoms with Crippen LogP contribution in [0.15, 0.2) is 17.1 Å². The van der Waals surface area contributed by atoms with Gasteiger partial charge < -0.3 is 20.5 Å². The summed E-state index contributed by atoms with van der Waals surface area (Å²) >= 11 is 1.76. The molecular formula is C16H28IN3O2S. The zero-order chi connectivity index (χ0) is 15.8. The maximum Gasteiger partial charge on any atom is 0.191 e. The number of aliphatic imine (C=N–C) groups is 1. The molecule has 0 aliphatic heterocycles. The second kappa shape index (κ2) is 11.2. The molecule has 0 spiro atoms. The van der Waals surface area contributed by atoms with Gasteiger partial charge in [-0.25, -0.2) is 4.99 Å². The van der Waals surface area contributed by atoms with Crippen LogP contribution in [-0.4, -0.2) is 43.5 Å². The maximum absolute atomic E-state index is 9.92. The number of halogens is 1. The fraction of sp³-hybridized carbons (Fsp3) is 0.688. The van der Waals surface area contributed by atoms with Crippen molar-refractivity contribution in [2.45, 2.75) is 39.3 Å². The van der Waals surface area contributed by atoms with Crippen LogP contribution in [0.2, 0.25) is 0 Å². The van der Waals surface area contributed by atoms with Crippen molar-refractivity contribution in [2.24, 2.45) is 10.9 Å². The summed E-state index contributed by atoms with van der Waals surface area (Å²) in [6, 6.07) is 4.21. The highest BCUT2D eigenvalue weighted by Gasteiger charge is 2.21. The van der Waals surface area contributed by atoms with Crippen LogP contribution in [0.3, 0.4) is 0 Å². The first kappa shape index (κ1) is 20.7. The van der Waals surface area contributed by atoms with Crippen LogP contribution in [0.4, 0.5) is 0 Å². The molecule has 1 aromatic rings. The predicted molar refractivity (Wildman–Crippen MR) is 107 cm³/mol. The van der Waals surface area contributed by atoms with E-state index in [2.05, 4.69) is 34.7 Å². The van der Waals surface area contributed by atoms with Crippen molar-refractivity contribution >= 4 is 41.3 Å². The van der Waals surface area contributed by atoms with Gasteiger partial charge in [0.15, 0.2) is 5.96 Å². The molecule has 0 aromatic carbocycles. The largest absolute Gasteiger partial charge is 0.389 e. The predicted octanol–water partition coefficient (Wildman–Crippen LogP) is 2.52. The number of guanidine groups is 1. The Morgan fingerprint density at radius 2 is 2.22 bits per heavy atom. The molecule has 23 heavy (non-hydrogen) atoms. The van der Waals surface area contributed by atoms with Crippen LogP contribution in [0, 0.1) is 12.8 Å². The SMILES string of the molecule is CCNC(=NCc1ccc(C)s1)NCC(O)COCC1CC1.I. The summed E-state index contributed by atoms with van der Waals surface area (Å²) in [5.41, 5.74) is 0. The number of nitrogens with one attached hydrogen (secondary N) is 2. The molecule has 1 aromatic heterocycles. The minimum atomic E-state index is -0.508. The van der Waals surface area contributed by atoms with Crippen molar-refractivity contribution in [2.75, 3.05) is 26.3 Å². The van der Waals surface area contributed by atoms with Gasteiger partial charge in [0.25, 0.3) is 0 Å². The number of aliphatic hydroxyl groups is 1. The number of thiophene rings is 1. The molecule has 5 nitrogen and oxygen atoms in total. The molecule has 3 N–H and O–H groups in total. The van der Waals surface area contributed by atoms with E-state index in [-0.39, 0.29) is 24.0 Å². The minimum Gasteiger partial charge on any atom is -0.389 e. The Bertz CT molecular complexity index is 478. The third-order valence-electron chi connectivity index (χ3n) is 3.40. The van der Waals surface area contributed by atoms with Crippen molar-refractivity contribution in [1.29, 1.82) is 0 Å². The monoisotopic (exact) mass is 453 g/mol. The van der Waals surface area contributed by atoms with Crippen molar-refractivity contribution in [3.05, 3.63) is 21.9 Å². The molecule has 2 rings (SSSR count). The lowest BCUT2D eigenvalue weighted by Crippen LogP contribution is -2.42. The Morgan fingerprint density at radius 1 is 1.43 bits per heavy atom. The van der Waals surface area contributed by atoms with E-state index in [1.165, 1.54) is 22.6 Å². The quantitative estimate of drug-likeness (QED) is 0.306. The van der Waals surface area contributed by atoms with E-state index in [1.807, 2.05) is 6.92 Å². The van der Waals surface area contributed by atoms with E-state index >= 15 is 0 Å². The molecule has 1 atom stereocenters. The molecule has 0 radical (unpaired) electrons. The van der Waals surface area contributed by atoms with Crippen molar-refractivity contribution in [1.82, 2.24) is 10.6 Å². The number of nitrogens with zero attached hydrogens (tertiary/aromatic N) is 1. The maximum atomic E-state index is 9.92. The van der Waals surface area contributed by atoms with E-state index in [0.29, 0.717) is 19.7 Å². The first-order valence-electron chi connectivity index (χ1n) is 8.00. The van der Waals surface area contributed by atoms with Gasteiger partial charge in [-0.05, 0) is 44.7 Å². The molecule has 1 fully saturated rings. The fourth-order valence-corrected chi connectivity index (χ4v) is 2.81. The van der Waals surface area contributed by atoms with Gasteiger partial charge in [-0.1, -0.05) is 0 Å². The van der Waals surface area contributed by atoms with E-state index in [1.54, 1.807) is 11.3 Å². The van der Waals surface area contributed by atoms with Crippen molar-refractivity contribution < 1.29 is 9.84 Å². The summed E-state index contributed by atoms with van der Waals surface area (Å²) in [6.07, 6.45) is 2.04. The van der Waals surface area contributed by atoms with Crippen LogP contribution < -0.4 is 10.6 Å². The van der Waals surface area contributed by atoms with Gasteiger partial charge in [-0.15, -0.1) is 35.3 Å². The van der Waals surface area contributed by atoms with Crippen LogP contribution in [-0.2, 0) is 11.3 Å². The molecule has 1 heterocycles. The summed E-state index contributed by atoms with van der Waals surface area (Å²) in [5.74, 6) is 1.46. The summed E-state index contributed by atoms with van der Waals surface area (Å²) < 4.78 is 5.50. The van der Waals surface area contributed by atoms with Gasteiger partial charge >= 0.3 is 0 Å². The van der Waals surface area contributed by atoms with Gasteiger partial charge in [-0.3, -0.25) is 0 Å². The second-order valence-electron chi connectivity index (χ2n) is 5.72. The molecule has 1 unspecified atom stereocenters. The first-order valence-corrected chi connectivity index (χ1v) is 8.82. The van der Waals surface area contributed by atoms with Gasteiger partial charge in [0.05, 0.1) is 19.3 Å². The van der Waals surface area contributed by atoms with E-state index in [0.717, 1.165) is 25.0 Å². The molecule has 132 valence electrons. The lowest BCUT2D eigenvalue weighted by Gasteiger charge is -2.15. The number of aryl methyl sites for hydroxylation is 1. The number of hydrogen-bond acceptors (Lipinski definition) is 4. The Kier molecular flexibility index (Phi) is 10.1. The highest BCUT2D eigenvalue weighted by atomic mass is 127. The summed E-state index contributed by atoms with van der Waals surface area (Å²) in [6.45, 7) is 7.18. The average molecular weight is 453 g/mol. The molecule has 7 heteroatoms. The molecule has 1 aliphatic carbocycles. The summed E-state index contributed by atoms with van der Waals surface area (Å²) in [7, 11) is 0. The first-order chi connectivity index (χ1) is 10.7. The van der Waals surface area contributed by atoms with Crippen molar-refractivity contribution in [3.63, 3.8) is 0 Å². The second-order valence-corrected chi connectivity index (χ2v) is 7.10. The molecular weight excluding hydrogens is 425 g/mol. The van der Waals surface area contributed by atoms with Gasteiger partial charge in [0, 0.05) is 29.5 Å². The molecule has 0 saturated heterocycles. The summed E-state index contributed by atoms with van der Waals surface area (Å²) in [4.78, 5) is 7.08. The molecule has 1 saturated carbocycles. The highest BCUT2D eigenvalue weighted by Crippen LogP contribution is 2.28. The molecule has 0 bridgehead atoms. The van der Waals surface area contributed by atoms with E-state index < -0.39 is 6.10 Å². The van der Waals surface area contributed by atoms with E-state index in [9.17, 15) is 5.11 Å². The smallest absolute Gasteiger partial charge is 0.191 e. The van der Waals surface area contributed by atoms with Gasteiger partial charge in [0.2, 0.25) is 0 Å². The normalized spacial score (nSPS) is 15.9. The van der Waals surface area contributed by atoms with Crippen LogP contribution >= 0.6 is 35.3 Å². The average Bonchev–Trinajstić information content (AvgIpc) is 3.22. The molecule has 1 aliphatic rings. The van der Waals surface area contributed by atoms with Crippen LogP contribution in [0.1, 0.15) is 29.5 Å². The van der Waals surface area contributed by atoms with Crippen LogP contribution in [0.5, 0.6) is 0 Å². The number of rotatable bonds is 9. The third-order valence-corrected chi connectivity index (χ3v) is 4.38. The Labute approximate surface area is 159 Å². The third kappa shape index (κ3) is 8.88. The van der Waals surface area contributed by atoms with E-state index in [4.69, 9.17) is 4.74 Å². The van der Waals surface area contributed by atoms with Crippen molar-refractivity contribution in [3.8, 4) is 0 Å². The zero-order valence-corrected chi connectivity index (χ0v) is 17.0. The minimum absolute atomic E-state index is 0. The van der Waals surface area contributed by atoms with Crippen LogP contribution in [0.25, 0.3) is 0 Å². The summed E-state index contributed by atoms with van der Waals surface area (Å²) in [5, 5.41) is 16.3. The Morgan fingerprint density at radius 3 is 2.83 bits per heavy atom. The molecule has 0 amide bonds. The Balaban J connectivity index is 0.00000264. The lowest BCUT2D eigenvalue weighted by atomic mass is 10.3. The number of ether oxygens (including phenoxy) is 1. The highest BCUT2D eigenvalue weighted by molar-refractivity contribution is 14.0. The zero-order valence-electron chi connectivity index (χ0n) is 13.9. The standard InChI is InChI=1S/C16H27N3O2S.HI/c1-3-17-16(19-9-15-7-4-12(2)22-15)18-8-14(20)11-21-10-13-5-6-13;/h4,7,13-14,20H,3,5-6,8-11H2,1-2H3,(H2,17,18,19);1H. The number of hydrogen-bond donors (Lipinski definition) is 3. The Hall–Kier alpha value is -0.380. The number of aliphatic hydroxyl groups excluding tert-OH is 1. The lowest BCUT2D eigenvalue weighted by molar-refractivity contribution is 0.0345. The topological polar surface area (TPSA) is 65.9 Å².